The van der Waals surface area contributed by atoms with Crippen LogP contribution in [0.25, 0.3) is 0 Å². The second kappa shape index (κ2) is 8.87. The number of rotatable bonds is 6. The van der Waals surface area contributed by atoms with Gasteiger partial charge in [-0.15, -0.1) is 0 Å². The molecule has 0 spiro atoms. The number of nitrogens with zero attached hydrogens (tertiary/aromatic N) is 2. The standard InChI is InChI=1S/C20H23N3O2/c24-20(23-13-5-2-6-14-23)16-25-19-11-9-17(10-12-19)15-21-22-18-7-3-1-4-8-18/h1,3-4,7-12,15,22H,2,5-6,13-14,16H2. The van der Waals surface area contributed by atoms with Gasteiger partial charge in [0.25, 0.3) is 5.91 Å². The number of carbonyl (C=O) groups is 1. The molecule has 0 radical (unpaired) electrons. The number of piperidine rings is 1. The van der Waals surface area contributed by atoms with Gasteiger partial charge in [-0.2, -0.15) is 5.10 Å². The highest BCUT2D eigenvalue weighted by Crippen LogP contribution is 2.13. The van der Waals surface area contributed by atoms with E-state index in [1.165, 1.54) is 6.42 Å². The van der Waals surface area contributed by atoms with Crippen molar-refractivity contribution < 1.29 is 9.53 Å². The van der Waals surface area contributed by atoms with Crippen LogP contribution in [0.5, 0.6) is 5.75 Å². The van der Waals surface area contributed by atoms with Crippen molar-refractivity contribution in [1.82, 2.24) is 4.90 Å². The molecule has 1 aliphatic rings. The van der Waals surface area contributed by atoms with E-state index in [4.69, 9.17) is 4.74 Å². The van der Waals surface area contributed by atoms with Crippen LogP contribution in [-0.4, -0.2) is 36.7 Å². The smallest absolute Gasteiger partial charge is 0.260 e. The van der Waals surface area contributed by atoms with Crippen LogP contribution in [0.4, 0.5) is 5.69 Å². The van der Waals surface area contributed by atoms with Gasteiger partial charge in [-0.25, -0.2) is 0 Å². The summed E-state index contributed by atoms with van der Waals surface area (Å²) in [5.74, 6) is 0.760. The number of benzene rings is 2. The Balaban J connectivity index is 1.46. The minimum Gasteiger partial charge on any atom is -0.484 e. The maximum atomic E-state index is 12.1. The fraction of sp³-hybridized carbons (Fsp3) is 0.300. The first-order valence-corrected chi connectivity index (χ1v) is 8.66. The minimum absolute atomic E-state index is 0.0670. The predicted octanol–water partition coefficient (Wildman–Crippen LogP) is 3.52. The first kappa shape index (κ1) is 17.0. The van der Waals surface area contributed by atoms with Crippen LogP contribution in [0.2, 0.25) is 0 Å². The van der Waals surface area contributed by atoms with Crippen molar-refractivity contribution in [2.24, 2.45) is 5.10 Å². The van der Waals surface area contributed by atoms with Gasteiger partial charge in [-0.05, 0) is 61.2 Å². The van der Waals surface area contributed by atoms with Gasteiger partial charge < -0.3 is 9.64 Å². The number of para-hydroxylation sites is 1. The zero-order valence-corrected chi connectivity index (χ0v) is 14.2. The quantitative estimate of drug-likeness (QED) is 0.648. The Hall–Kier alpha value is -2.82. The lowest BCUT2D eigenvalue weighted by molar-refractivity contribution is -0.134. The van der Waals surface area contributed by atoms with E-state index >= 15 is 0 Å². The van der Waals surface area contributed by atoms with Crippen LogP contribution in [-0.2, 0) is 4.79 Å². The van der Waals surface area contributed by atoms with E-state index in [0.29, 0.717) is 5.75 Å². The second-order valence-electron chi connectivity index (χ2n) is 6.04. The number of hydrogen-bond donors (Lipinski definition) is 1. The van der Waals surface area contributed by atoms with E-state index in [-0.39, 0.29) is 12.5 Å². The molecule has 5 nitrogen and oxygen atoms in total. The van der Waals surface area contributed by atoms with Crippen LogP contribution in [0.3, 0.4) is 0 Å². The zero-order valence-electron chi connectivity index (χ0n) is 14.2. The Morgan fingerprint density at radius 3 is 2.48 bits per heavy atom. The Kier molecular flexibility index (Phi) is 6.04. The molecule has 0 saturated carbocycles. The summed E-state index contributed by atoms with van der Waals surface area (Å²) >= 11 is 0. The second-order valence-corrected chi connectivity index (χ2v) is 6.04. The van der Waals surface area contributed by atoms with Crippen molar-refractivity contribution in [2.45, 2.75) is 19.3 Å². The molecule has 0 aromatic heterocycles. The van der Waals surface area contributed by atoms with Gasteiger partial charge in [0.05, 0.1) is 11.9 Å². The van der Waals surface area contributed by atoms with Gasteiger partial charge in [0.15, 0.2) is 6.61 Å². The summed E-state index contributed by atoms with van der Waals surface area (Å²) in [5.41, 5.74) is 4.87. The summed E-state index contributed by atoms with van der Waals surface area (Å²) < 4.78 is 5.60. The van der Waals surface area contributed by atoms with E-state index in [1.807, 2.05) is 59.5 Å². The molecular formula is C20H23N3O2. The summed E-state index contributed by atoms with van der Waals surface area (Å²) in [7, 11) is 0. The molecule has 0 atom stereocenters. The van der Waals surface area contributed by atoms with Crippen molar-refractivity contribution in [3.8, 4) is 5.75 Å². The lowest BCUT2D eigenvalue weighted by atomic mass is 10.1. The molecule has 5 heteroatoms. The summed E-state index contributed by atoms with van der Waals surface area (Å²) in [5, 5.41) is 4.20. The maximum Gasteiger partial charge on any atom is 0.260 e. The van der Waals surface area contributed by atoms with Crippen molar-refractivity contribution in [3.63, 3.8) is 0 Å². The average Bonchev–Trinajstić information content (AvgIpc) is 2.68. The molecule has 0 bridgehead atoms. The molecule has 2 aromatic rings. The van der Waals surface area contributed by atoms with Gasteiger partial charge in [0.2, 0.25) is 0 Å². The molecule has 0 unspecified atom stereocenters. The van der Waals surface area contributed by atoms with Crippen molar-refractivity contribution in [3.05, 3.63) is 60.2 Å². The Labute approximate surface area is 148 Å². The van der Waals surface area contributed by atoms with Crippen LogP contribution >= 0.6 is 0 Å². The zero-order chi connectivity index (χ0) is 17.3. The molecule has 25 heavy (non-hydrogen) atoms. The molecule has 1 heterocycles. The molecule has 1 fully saturated rings. The molecule has 3 rings (SSSR count). The number of amides is 1. The number of anilines is 1. The number of hydrazone groups is 1. The molecular weight excluding hydrogens is 314 g/mol. The SMILES string of the molecule is O=C(COc1ccc(C=NNc2ccccc2)cc1)N1CCCCC1. The average molecular weight is 337 g/mol. The highest BCUT2D eigenvalue weighted by atomic mass is 16.5. The lowest BCUT2D eigenvalue weighted by Crippen LogP contribution is -2.38. The minimum atomic E-state index is 0.0670. The lowest BCUT2D eigenvalue weighted by Gasteiger charge is -2.26. The predicted molar refractivity (Wildman–Crippen MR) is 100 cm³/mol. The van der Waals surface area contributed by atoms with Crippen LogP contribution in [0.15, 0.2) is 59.7 Å². The largest absolute Gasteiger partial charge is 0.484 e. The summed E-state index contributed by atoms with van der Waals surface area (Å²) in [6.45, 7) is 1.81. The third kappa shape index (κ3) is 5.35. The van der Waals surface area contributed by atoms with Gasteiger partial charge in [0, 0.05) is 13.1 Å². The van der Waals surface area contributed by atoms with Crippen molar-refractivity contribution in [1.29, 1.82) is 0 Å². The Bertz CT molecular complexity index is 693. The molecule has 0 aliphatic carbocycles. The Morgan fingerprint density at radius 2 is 1.76 bits per heavy atom. The van der Waals surface area contributed by atoms with E-state index in [0.717, 1.165) is 37.2 Å². The molecule has 130 valence electrons. The Morgan fingerprint density at radius 1 is 1.04 bits per heavy atom. The fourth-order valence-electron chi connectivity index (χ4n) is 2.72. The topological polar surface area (TPSA) is 53.9 Å². The van der Waals surface area contributed by atoms with Gasteiger partial charge in [-0.1, -0.05) is 18.2 Å². The normalized spacial score (nSPS) is 14.5. The number of likely N-dealkylation sites (tertiary alicyclic amines) is 1. The molecule has 1 aliphatic heterocycles. The monoisotopic (exact) mass is 337 g/mol. The van der Waals surface area contributed by atoms with E-state index in [9.17, 15) is 4.79 Å². The first-order valence-electron chi connectivity index (χ1n) is 8.66. The van der Waals surface area contributed by atoms with E-state index in [2.05, 4.69) is 10.5 Å². The third-order valence-electron chi connectivity index (χ3n) is 4.13. The number of hydrogen-bond acceptors (Lipinski definition) is 4. The van der Waals surface area contributed by atoms with Gasteiger partial charge >= 0.3 is 0 Å². The summed E-state index contributed by atoms with van der Waals surface area (Å²) in [6, 6.07) is 17.3. The van der Waals surface area contributed by atoms with E-state index in [1.54, 1.807) is 6.21 Å². The highest BCUT2D eigenvalue weighted by Gasteiger charge is 2.16. The third-order valence-corrected chi connectivity index (χ3v) is 4.13. The molecule has 1 N–H and O–H groups in total. The molecule has 2 aromatic carbocycles. The maximum absolute atomic E-state index is 12.1. The molecule has 1 amide bonds. The number of ether oxygens (including phenoxy) is 1. The van der Waals surface area contributed by atoms with Crippen LogP contribution in [0, 0.1) is 0 Å². The number of nitrogens with one attached hydrogen (secondary N) is 1. The van der Waals surface area contributed by atoms with Gasteiger partial charge in [-0.3, -0.25) is 10.2 Å². The fourth-order valence-corrected chi connectivity index (χ4v) is 2.72. The summed E-state index contributed by atoms with van der Waals surface area (Å²) in [4.78, 5) is 14.0. The number of carbonyl (C=O) groups excluding carboxylic acids is 1. The van der Waals surface area contributed by atoms with Gasteiger partial charge in [0.1, 0.15) is 5.75 Å². The van der Waals surface area contributed by atoms with Crippen molar-refractivity contribution in [2.75, 3.05) is 25.1 Å². The van der Waals surface area contributed by atoms with Crippen LogP contribution in [0.1, 0.15) is 24.8 Å². The molecule has 1 saturated heterocycles. The highest BCUT2D eigenvalue weighted by molar-refractivity contribution is 5.80. The van der Waals surface area contributed by atoms with E-state index < -0.39 is 0 Å². The summed E-state index contributed by atoms with van der Waals surface area (Å²) in [6.07, 6.45) is 5.15. The van der Waals surface area contributed by atoms with Crippen LogP contribution < -0.4 is 10.2 Å². The van der Waals surface area contributed by atoms with Crippen molar-refractivity contribution >= 4 is 17.8 Å². The first-order chi connectivity index (χ1) is 12.3.